The van der Waals surface area contributed by atoms with Crippen LogP contribution in [0.15, 0.2) is 60.7 Å². The number of hydrogen-bond acceptors (Lipinski definition) is 5. The number of carbonyl (C=O) groups excluding carboxylic acids is 1. The van der Waals surface area contributed by atoms with E-state index in [0.717, 1.165) is 0 Å². The van der Waals surface area contributed by atoms with E-state index in [-0.39, 0.29) is 18.9 Å². The van der Waals surface area contributed by atoms with Crippen molar-refractivity contribution in [1.29, 1.82) is 0 Å². The molecule has 2 aromatic rings. The van der Waals surface area contributed by atoms with Crippen LogP contribution in [0.4, 0.5) is 5.69 Å². The van der Waals surface area contributed by atoms with Crippen LogP contribution in [0.25, 0.3) is 6.08 Å². The van der Waals surface area contributed by atoms with E-state index in [0.29, 0.717) is 11.3 Å². The van der Waals surface area contributed by atoms with E-state index >= 15 is 0 Å². The molecule has 23 heavy (non-hydrogen) atoms. The Labute approximate surface area is 133 Å². The summed E-state index contributed by atoms with van der Waals surface area (Å²) in [6.07, 6.45) is 2.69. The van der Waals surface area contributed by atoms with Gasteiger partial charge in [0.15, 0.2) is 0 Å². The van der Waals surface area contributed by atoms with Crippen LogP contribution in [0, 0.1) is 10.1 Å². The minimum Gasteiger partial charge on any atom is -0.490 e. The number of carbonyl (C=O) groups is 1. The number of nitro benzene ring substituents is 1. The molecule has 0 aliphatic carbocycles. The summed E-state index contributed by atoms with van der Waals surface area (Å²) in [7, 11) is 0. The quantitative estimate of drug-likeness (QED) is 0.258. The first-order chi connectivity index (χ1) is 11.1. The van der Waals surface area contributed by atoms with Gasteiger partial charge in [-0.15, -0.1) is 0 Å². The summed E-state index contributed by atoms with van der Waals surface area (Å²) in [6, 6.07) is 15.2. The maximum Gasteiger partial charge on any atom is 0.330 e. The van der Waals surface area contributed by atoms with Crippen LogP contribution in [-0.2, 0) is 9.53 Å². The van der Waals surface area contributed by atoms with Gasteiger partial charge in [-0.3, -0.25) is 10.1 Å². The number of nitro groups is 1. The van der Waals surface area contributed by atoms with Crippen molar-refractivity contribution < 1.29 is 19.2 Å². The van der Waals surface area contributed by atoms with E-state index in [9.17, 15) is 14.9 Å². The second-order valence-electron chi connectivity index (χ2n) is 4.51. The monoisotopic (exact) mass is 313 g/mol. The van der Waals surface area contributed by atoms with Crippen LogP contribution in [0.1, 0.15) is 5.56 Å². The number of hydrogen-bond donors (Lipinski definition) is 0. The van der Waals surface area contributed by atoms with E-state index in [2.05, 4.69) is 0 Å². The number of rotatable bonds is 7. The fraction of sp³-hybridized carbons (Fsp3) is 0.118. The molecule has 0 saturated heterocycles. The Morgan fingerprint density at radius 1 is 1.09 bits per heavy atom. The van der Waals surface area contributed by atoms with Crippen molar-refractivity contribution in [3.63, 3.8) is 0 Å². The molecule has 0 aliphatic rings. The molecule has 118 valence electrons. The first kappa shape index (κ1) is 16.2. The van der Waals surface area contributed by atoms with Gasteiger partial charge in [-0.2, -0.15) is 0 Å². The molecule has 0 aliphatic heterocycles. The maximum atomic E-state index is 11.5. The van der Waals surface area contributed by atoms with Crippen LogP contribution in [0.3, 0.4) is 0 Å². The van der Waals surface area contributed by atoms with E-state index < -0.39 is 10.9 Å². The molecule has 0 aromatic heterocycles. The van der Waals surface area contributed by atoms with Gasteiger partial charge in [0.05, 0.1) is 4.92 Å². The van der Waals surface area contributed by atoms with E-state index in [4.69, 9.17) is 9.47 Å². The predicted molar refractivity (Wildman–Crippen MR) is 85.0 cm³/mol. The topological polar surface area (TPSA) is 78.7 Å². The molecule has 0 bridgehead atoms. The molecule has 0 saturated carbocycles. The first-order valence-electron chi connectivity index (χ1n) is 6.92. The Morgan fingerprint density at radius 3 is 2.61 bits per heavy atom. The Kier molecular flexibility index (Phi) is 5.88. The molecule has 0 atom stereocenters. The third kappa shape index (κ3) is 5.62. The molecule has 0 spiro atoms. The molecule has 0 unspecified atom stereocenters. The smallest absolute Gasteiger partial charge is 0.330 e. The Morgan fingerprint density at radius 2 is 1.87 bits per heavy atom. The lowest BCUT2D eigenvalue weighted by molar-refractivity contribution is -0.384. The van der Waals surface area contributed by atoms with Crippen molar-refractivity contribution in [2.75, 3.05) is 13.2 Å². The Bertz CT molecular complexity index is 697. The molecule has 6 nitrogen and oxygen atoms in total. The molecule has 2 rings (SSSR count). The highest BCUT2D eigenvalue weighted by Crippen LogP contribution is 2.14. The highest BCUT2D eigenvalue weighted by molar-refractivity contribution is 5.87. The van der Waals surface area contributed by atoms with Gasteiger partial charge in [0.1, 0.15) is 19.0 Å². The predicted octanol–water partition coefficient (Wildman–Crippen LogP) is 3.23. The zero-order valence-corrected chi connectivity index (χ0v) is 12.3. The van der Waals surface area contributed by atoms with E-state index in [1.54, 1.807) is 12.1 Å². The number of esters is 1. The summed E-state index contributed by atoms with van der Waals surface area (Å²) in [5.41, 5.74) is 0.522. The first-order valence-corrected chi connectivity index (χ1v) is 6.92. The van der Waals surface area contributed by atoms with Gasteiger partial charge in [0.25, 0.3) is 5.69 Å². The minimum absolute atomic E-state index is 0.0308. The van der Waals surface area contributed by atoms with Crippen LogP contribution in [-0.4, -0.2) is 24.1 Å². The fourth-order valence-electron chi connectivity index (χ4n) is 1.77. The lowest BCUT2D eigenvalue weighted by Crippen LogP contribution is -2.10. The number of non-ortho nitro benzene ring substituents is 1. The van der Waals surface area contributed by atoms with Crippen molar-refractivity contribution >= 4 is 17.7 Å². The van der Waals surface area contributed by atoms with Crippen LogP contribution >= 0.6 is 0 Å². The van der Waals surface area contributed by atoms with Crippen LogP contribution in [0.2, 0.25) is 0 Å². The van der Waals surface area contributed by atoms with Gasteiger partial charge in [0.2, 0.25) is 0 Å². The number of benzene rings is 2. The molecule has 6 heteroatoms. The second-order valence-corrected chi connectivity index (χ2v) is 4.51. The van der Waals surface area contributed by atoms with Gasteiger partial charge in [0, 0.05) is 18.2 Å². The largest absolute Gasteiger partial charge is 0.490 e. The SMILES string of the molecule is O=C(/C=C/c1cccc([N+](=O)[O-])c1)OCCOc1ccccc1. The highest BCUT2D eigenvalue weighted by Gasteiger charge is 2.04. The van der Waals surface area contributed by atoms with Gasteiger partial charge in [-0.25, -0.2) is 4.79 Å². The van der Waals surface area contributed by atoms with Gasteiger partial charge >= 0.3 is 5.97 Å². The number of nitrogens with zero attached hydrogens (tertiary/aromatic N) is 1. The van der Waals surface area contributed by atoms with Crippen LogP contribution in [0.5, 0.6) is 5.75 Å². The van der Waals surface area contributed by atoms with Crippen molar-refractivity contribution in [1.82, 2.24) is 0 Å². The molecule has 0 amide bonds. The molecule has 0 fully saturated rings. The summed E-state index contributed by atoms with van der Waals surface area (Å²) < 4.78 is 10.4. The van der Waals surface area contributed by atoms with Crippen molar-refractivity contribution in [3.05, 3.63) is 76.4 Å². The van der Waals surface area contributed by atoms with Crippen molar-refractivity contribution in [3.8, 4) is 5.75 Å². The number of para-hydroxylation sites is 1. The van der Waals surface area contributed by atoms with Crippen molar-refractivity contribution in [2.45, 2.75) is 0 Å². The third-order valence-corrected chi connectivity index (χ3v) is 2.83. The Hall–Kier alpha value is -3.15. The molecule has 0 radical (unpaired) electrons. The molecular weight excluding hydrogens is 298 g/mol. The standard InChI is InChI=1S/C17H15NO5/c19-17(23-12-11-22-16-7-2-1-3-8-16)10-9-14-5-4-6-15(13-14)18(20)21/h1-10,13H,11-12H2/b10-9+. The zero-order valence-electron chi connectivity index (χ0n) is 12.3. The summed E-state index contributed by atoms with van der Waals surface area (Å²) in [5, 5.41) is 10.7. The zero-order chi connectivity index (χ0) is 16.5. The normalized spacial score (nSPS) is 10.4. The van der Waals surface area contributed by atoms with E-state index in [1.807, 2.05) is 30.3 Å². The number of ether oxygens (including phenoxy) is 2. The molecule has 0 heterocycles. The second kappa shape index (κ2) is 8.33. The average molecular weight is 313 g/mol. The lowest BCUT2D eigenvalue weighted by atomic mass is 10.2. The summed E-state index contributed by atoms with van der Waals surface area (Å²) >= 11 is 0. The summed E-state index contributed by atoms with van der Waals surface area (Å²) in [5.74, 6) is 0.170. The Balaban J connectivity index is 1.76. The molecule has 2 aromatic carbocycles. The van der Waals surface area contributed by atoms with Gasteiger partial charge < -0.3 is 9.47 Å². The fourth-order valence-corrected chi connectivity index (χ4v) is 1.77. The highest BCUT2D eigenvalue weighted by atomic mass is 16.6. The maximum absolute atomic E-state index is 11.5. The van der Waals surface area contributed by atoms with Crippen LogP contribution < -0.4 is 4.74 Å². The van der Waals surface area contributed by atoms with Gasteiger partial charge in [-0.1, -0.05) is 30.3 Å². The lowest BCUT2D eigenvalue weighted by Gasteiger charge is -2.05. The third-order valence-electron chi connectivity index (χ3n) is 2.83. The van der Waals surface area contributed by atoms with E-state index in [1.165, 1.54) is 24.3 Å². The van der Waals surface area contributed by atoms with Gasteiger partial charge in [-0.05, 0) is 23.8 Å². The molecule has 0 N–H and O–H groups in total. The average Bonchev–Trinajstić information content (AvgIpc) is 2.58. The summed E-state index contributed by atoms with van der Waals surface area (Å²) in [6.45, 7) is 0.368. The minimum atomic E-state index is -0.534. The molecular formula is C17H15NO5. The van der Waals surface area contributed by atoms with Crippen molar-refractivity contribution in [2.24, 2.45) is 0 Å². The summed E-state index contributed by atoms with van der Waals surface area (Å²) in [4.78, 5) is 21.7.